The summed E-state index contributed by atoms with van der Waals surface area (Å²) in [5, 5.41) is 0. The van der Waals surface area contributed by atoms with Crippen LogP contribution in [0.4, 0.5) is 5.69 Å². The first kappa shape index (κ1) is 11.0. The van der Waals surface area contributed by atoms with E-state index in [1.807, 2.05) is 11.2 Å². The predicted molar refractivity (Wildman–Crippen MR) is 67.7 cm³/mol. The Bertz CT molecular complexity index is 419. The normalized spacial score (nSPS) is 14.2. The van der Waals surface area contributed by atoms with Crippen LogP contribution in [0.1, 0.15) is 12.5 Å². The quantitative estimate of drug-likeness (QED) is 0.739. The molecule has 2 nitrogen and oxygen atoms in total. The monoisotopic (exact) mass is 285 g/mol. The topological polar surface area (TPSA) is 20.3 Å². The minimum atomic E-state index is 0.128. The van der Waals surface area contributed by atoms with Gasteiger partial charge >= 0.3 is 0 Å². The highest BCUT2D eigenvalue weighted by Gasteiger charge is 2.23. The van der Waals surface area contributed by atoms with E-state index in [1.54, 1.807) is 18.7 Å². The number of rotatable bonds is 1. The van der Waals surface area contributed by atoms with Gasteiger partial charge in [-0.25, -0.2) is 0 Å². The average molecular weight is 286 g/mol. The lowest BCUT2D eigenvalue weighted by Gasteiger charge is -2.15. The molecule has 0 saturated heterocycles. The van der Waals surface area contributed by atoms with E-state index in [0.29, 0.717) is 0 Å². The standard InChI is InChI=1S/C11H12BrNOS/c1-7(14)13-4-3-8-5-9(12)11(15-2)6-10(8)13/h5-6H,3-4H2,1-2H3. The van der Waals surface area contributed by atoms with E-state index in [4.69, 9.17) is 0 Å². The molecule has 0 atom stereocenters. The smallest absolute Gasteiger partial charge is 0.223 e. The van der Waals surface area contributed by atoms with Crippen molar-refractivity contribution >= 4 is 39.3 Å². The molecule has 1 amide bonds. The van der Waals surface area contributed by atoms with Crippen LogP contribution in [0.15, 0.2) is 21.5 Å². The number of hydrogen-bond donors (Lipinski definition) is 0. The number of amides is 1. The number of halogens is 1. The van der Waals surface area contributed by atoms with Gasteiger partial charge in [-0.2, -0.15) is 0 Å². The summed E-state index contributed by atoms with van der Waals surface area (Å²) >= 11 is 5.23. The largest absolute Gasteiger partial charge is 0.312 e. The van der Waals surface area contributed by atoms with Crippen LogP contribution in [0.25, 0.3) is 0 Å². The number of nitrogens with zero attached hydrogens (tertiary/aromatic N) is 1. The Morgan fingerprint density at radius 1 is 1.53 bits per heavy atom. The first-order valence-corrected chi connectivity index (χ1v) is 6.79. The van der Waals surface area contributed by atoms with E-state index in [9.17, 15) is 4.79 Å². The zero-order valence-electron chi connectivity index (χ0n) is 8.71. The van der Waals surface area contributed by atoms with Crippen molar-refractivity contribution in [3.8, 4) is 0 Å². The van der Waals surface area contributed by atoms with Gasteiger partial charge in [-0.3, -0.25) is 4.79 Å². The summed E-state index contributed by atoms with van der Waals surface area (Å²) in [6.45, 7) is 2.44. The molecule has 0 saturated carbocycles. The third kappa shape index (κ3) is 1.93. The molecule has 0 aliphatic carbocycles. The molecule has 2 rings (SSSR count). The van der Waals surface area contributed by atoms with Crippen molar-refractivity contribution in [3.05, 3.63) is 22.2 Å². The maximum atomic E-state index is 11.4. The Morgan fingerprint density at radius 3 is 2.87 bits per heavy atom. The second-order valence-electron chi connectivity index (χ2n) is 3.54. The van der Waals surface area contributed by atoms with E-state index in [0.717, 1.165) is 23.1 Å². The molecule has 1 heterocycles. The van der Waals surface area contributed by atoms with Crippen LogP contribution in [0.3, 0.4) is 0 Å². The molecule has 80 valence electrons. The highest BCUT2D eigenvalue weighted by Crippen LogP contribution is 2.36. The Hall–Kier alpha value is -0.480. The second kappa shape index (κ2) is 4.18. The van der Waals surface area contributed by atoms with Crippen molar-refractivity contribution in [1.82, 2.24) is 0 Å². The van der Waals surface area contributed by atoms with Crippen LogP contribution in [0.5, 0.6) is 0 Å². The molecular formula is C11H12BrNOS. The molecule has 1 aliphatic rings. The van der Waals surface area contributed by atoms with Crippen molar-refractivity contribution in [2.24, 2.45) is 0 Å². The SMILES string of the molecule is CSc1cc2c(cc1Br)CCN2C(C)=O. The third-order valence-corrected chi connectivity index (χ3v) is 4.32. The summed E-state index contributed by atoms with van der Waals surface area (Å²) < 4.78 is 1.12. The van der Waals surface area contributed by atoms with E-state index in [2.05, 4.69) is 28.1 Å². The van der Waals surface area contributed by atoms with Gasteiger partial charge in [0.05, 0.1) is 0 Å². The van der Waals surface area contributed by atoms with E-state index >= 15 is 0 Å². The van der Waals surface area contributed by atoms with Gasteiger partial charge in [-0.15, -0.1) is 11.8 Å². The lowest BCUT2D eigenvalue weighted by atomic mass is 10.2. The van der Waals surface area contributed by atoms with Crippen molar-refractivity contribution in [2.45, 2.75) is 18.2 Å². The molecule has 0 unspecified atom stereocenters. The van der Waals surface area contributed by atoms with Gasteiger partial charge in [0.1, 0.15) is 0 Å². The summed E-state index contributed by atoms with van der Waals surface area (Å²) in [6.07, 6.45) is 3.00. The number of carbonyl (C=O) groups excluding carboxylic acids is 1. The Kier molecular flexibility index (Phi) is 3.07. The molecule has 1 aromatic carbocycles. The number of thioether (sulfide) groups is 1. The minimum absolute atomic E-state index is 0.128. The van der Waals surface area contributed by atoms with E-state index in [-0.39, 0.29) is 5.91 Å². The van der Waals surface area contributed by atoms with Crippen LogP contribution < -0.4 is 4.90 Å². The van der Waals surface area contributed by atoms with Gasteiger partial charge in [0.2, 0.25) is 5.91 Å². The van der Waals surface area contributed by atoms with Crippen LogP contribution in [0.2, 0.25) is 0 Å². The molecule has 4 heteroatoms. The van der Waals surface area contributed by atoms with Gasteiger partial charge in [-0.05, 0) is 46.3 Å². The van der Waals surface area contributed by atoms with Gasteiger partial charge in [0.15, 0.2) is 0 Å². The molecule has 1 aromatic rings. The first-order valence-electron chi connectivity index (χ1n) is 4.78. The Labute approximate surface area is 102 Å². The van der Waals surface area contributed by atoms with Crippen LogP contribution in [-0.2, 0) is 11.2 Å². The zero-order chi connectivity index (χ0) is 11.0. The minimum Gasteiger partial charge on any atom is -0.312 e. The highest BCUT2D eigenvalue weighted by molar-refractivity contribution is 9.10. The predicted octanol–water partition coefficient (Wildman–Crippen LogP) is 3.08. The maximum absolute atomic E-state index is 11.4. The molecule has 0 fully saturated rings. The van der Waals surface area contributed by atoms with Crippen molar-refractivity contribution < 1.29 is 4.79 Å². The van der Waals surface area contributed by atoms with E-state index in [1.165, 1.54) is 10.5 Å². The molecule has 0 N–H and O–H groups in total. The number of hydrogen-bond acceptors (Lipinski definition) is 2. The summed E-state index contributed by atoms with van der Waals surface area (Å²) in [7, 11) is 0. The second-order valence-corrected chi connectivity index (χ2v) is 5.24. The van der Waals surface area contributed by atoms with Gasteiger partial charge < -0.3 is 4.90 Å². The molecule has 0 spiro atoms. The number of carbonyl (C=O) groups is 1. The van der Waals surface area contributed by atoms with Crippen molar-refractivity contribution in [2.75, 3.05) is 17.7 Å². The lowest BCUT2D eigenvalue weighted by molar-refractivity contribution is -0.116. The fourth-order valence-corrected chi connectivity index (χ4v) is 3.23. The molecule has 15 heavy (non-hydrogen) atoms. The number of anilines is 1. The van der Waals surface area contributed by atoms with Crippen molar-refractivity contribution in [1.29, 1.82) is 0 Å². The third-order valence-electron chi connectivity index (χ3n) is 2.63. The van der Waals surface area contributed by atoms with E-state index < -0.39 is 0 Å². The van der Waals surface area contributed by atoms with Gasteiger partial charge in [0.25, 0.3) is 0 Å². The fraction of sp³-hybridized carbons (Fsp3) is 0.364. The zero-order valence-corrected chi connectivity index (χ0v) is 11.1. The molecule has 1 aliphatic heterocycles. The van der Waals surface area contributed by atoms with Gasteiger partial charge in [-0.1, -0.05) is 0 Å². The van der Waals surface area contributed by atoms with Crippen LogP contribution in [-0.4, -0.2) is 18.7 Å². The Morgan fingerprint density at radius 2 is 2.27 bits per heavy atom. The van der Waals surface area contributed by atoms with Crippen LogP contribution in [0, 0.1) is 0 Å². The maximum Gasteiger partial charge on any atom is 0.223 e. The number of benzene rings is 1. The Balaban J connectivity index is 2.48. The van der Waals surface area contributed by atoms with Gasteiger partial charge in [0, 0.05) is 28.5 Å². The molecular weight excluding hydrogens is 274 g/mol. The fourth-order valence-electron chi connectivity index (χ4n) is 1.87. The molecule has 0 bridgehead atoms. The average Bonchev–Trinajstić information content (AvgIpc) is 2.59. The molecule has 0 radical (unpaired) electrons. The summed E-state index contributed by atoms with van der Waals surface area (Å²) in [5.41, 5.74) is 2.34. The van der Waals surface area contributed by atoms with Crippen molar-refractivity contribution in [3.63, 3.8) is 0 Å². The summed E-state index contributed by atoms with van der Waals surface area (Å²) in [4.78, 5) is 14.4. The highest BCUT2D eigenvalue weighted by atomic mass is 79.9. The summed E-state index contributed by atoms with van der Waals surface area (Å²) in [6, 6.07) is 4.22. The molecule has 0 aromatic heterocycles. The summed E-state index contributed by atoms with van der Waals surface area (Å²) in [5.74, 6) is 0.128. The van der Waals surface area contributed by atoms with Crippen LogP contribution >= 0.6 is 27.7 Å². The number of fused-ring (bicyclic) bond motifs is 1. The lowest BCUT2D eigenvalue weighted by Crippen LogP contribution is -2.25. The first-order chi connectivity index (χ1) is 7.13.